The van der Waals surface area contributed by atoms with Gasteiger partial charge in [0, 0.05) is 6.42 Å². The molecule has 4 nitrogen and oxygen atoms in total. The lowest BCUT2D eigenvalue weighted by molar-refractivity contribution is -0.142. The molecular weight excluding hydrogens is 146 g/mol. The monoisotopic (exact) mass is 157 g/mol. The Labute approximate surface area is 65.1 Å². The molecule has 0 spiro atoms. The Kier molecular flexibility index (Phi) is 2.24. The van der Waals surface area contributed by atoms with Crippen molar-refractivity contribution in [2.45, 2.75) is 25.6 Å². The molecule has 2 unspecified atom stereocenters. The number of rotatable bonds is 2. The van der Waals surface area contributed by atoms with Crippen LogP contribution in [0.4, 0.5) is 0 Å². The van der Waals surface area contributed by atoms with Crippen molar-refractivity contribution < 1.29 is 14.3 Å². The van der Waals surface area contributed by atoms with E-state index in [4.69, 9.17) is 4.74 Å². The van der Waals surface area contributed by atoms with Crippen LogP contribution < -0.4 is 0 Å². The third-order valence-electron chi connectivity index (χ3n) is 1.94. The van der Waals surface area contributed by atoms with Gasteiger partial charge in [-0.25, -0.2) is 0 Å². The summed E-state index contributed by atoms with van der Waals surface area (Å²) >= 11 is 0. The van der Waals surface area contributed by atoms with Crippen LogP contribution in [0, 0.1) is 0 Å². The lowest BCUT2D eigenvalue weighted by atomic mass is 10.2. The van der Waals surface area contributed by atoms with Gasteiger partial charge < -0.3 is 9.53 Å². The van der Waals surface area contributed by atoms with Gasteiger partial charge >= 0.3 is 5.97 Å². The second kappa shape index (κ2) is 3.00. The van der Waals surface area contributed by atoms with Crippen LogP contribution in [0.5, 0.6) is 0 Å². The largest absolute Gasteiger partial charge is 0.445 e. The van der Waals surface area contributed by atoms with Gasteiger partial charge in [-0.15, -0.1) is 0 Å². The van der Waals surface area contributed by atoms with Gasteiger partial charge in [0.2, 0.25) is 0 Å². The fourth-order valence-corrected chi connectivity index (χ4v) is 1.10. The summed E-state index contributed by atoms with van der Waals surface area (Å²) in [6.45, 7) is 1.78. The van der Waals surface area contributed by atoms with Crippen molar-refractivity contribution in [2.24, 2.45) is 0 Å². The average molecular weight is 157 g/mol. The summed E-state index contributed by atoms with van der Waals surface area (Å²) in [5.74, 6) is -0.299. The number of hydrogen-bond donors (Lipinski definition) is 0. The highest BCUT2D eigenvalue weighted by Crippen LogP contribution is 2.16. The maximum atomic E-state index is 11.0. The van der Waals surface area contributed by atoms with Gasteiger partial charge in [0.15, 0.2) is 6.23 Å². The Hall–Kier alpha value is -0.900. The normalized spacial score (nSPS) is 32.0. The average Bonchev–Trinajstić information content (AvgIpc) is 2.17. The third-order valence-corrected chi connectivity index (χ3v) is 1.94. The number of carbonyl (C=O) groups excluding carboxylic acids is 2. The SMILES string of the molecule is CC1OC(=O)C(CC=O)N1C. The molecule has 0 radical (unpaired) electrons. The van der Waals surface area contributed by atoms with Crippen LogP contribution in [0.1, 0.15) is 13.3 Å². The van der Waals surface area contributed by atoms with Crippen LogP contribution in [0.2, 0.25) is 0 Å². The molecule has 1 aliphatic heterocycles. The number of hydrogen-bond acceptors (Lipinski definition) is 4. The highest BCUT2D eigenvalue weighted by molar-refractivity contribution is 5.80. The van der Waals surface area contributed by atoms with Gasteiger partial charge in [-0.1, -0.05) is 0 Å². The summed E-state index contributed by atoms with van der Waals surface area (Å²) in [5.41, 5.74) is 0. The lowest BCUT2D eigenvalue weighted by Gasteiger charge is -2.15. The number of ether oxygens (including phenoxy) is 1. The highest BCUT2D eigenvalue weighted by atomic mass is 16.6. The molecule has 62 valence electrons. The molecule has 0 N–H and O–H groups in total. The van der Waals surface area contributed by atoms with E-state index in [-0.39, 0.29) is 24.7 Å². The number of esters is 1. The van der Waals surface area contributed by atoms with Gasteiger partial charge in [0.1, 0.15) is 12.3 Å². The Morgan fingerprint density at radius 1 is 1.73 bits per heavy atom. The Morgan fingerprint density at radius 3 is 2.73 bits per heavy atom. The number of likely N-dealkylation sites (N-methyl/N-ethyl adjacent to an activating group) is 1. The van der Waals surface area contributed by atoms with Gasteiger partial charge in [-0.2, -0.15) is 0 Å². The zero-order valence-electron chi connectivity index (χ0n) is 6.61. The maximum Gasteiger partial charge on any atom is 0.325 e. The van der Waals surface area contributed by atoms with E-state index in [9.17, 15) is 9.59 Å². The van der Waals surface area contributed by atoms with Crippen LogP contribution in [0.15, 0.2) is 0 Å². The molecule has 1 rings (SSSR count). The third kappa shape index (κ3) is 1.40. The summed E-state index contributed by atoms with van der Waals surface area (Å²) in [6.07, 6.45) is 0.757. The number of carbonyl (C=O) groups is 2. The van der Waals surface area contributed by atoms with E-state index in [1.165, 1.54) is 0 Å². The van der Waals surface area contributed by atoms with Gasteiger partial charge in [-0.3, -0.25) is 9.69 Å². The van der Waals surface area contributed by atoms with Crippen molar-refractivity contribution in [3.63, 3.8) is 0 Å². The van der Waals surface area contributed by atoms with Gasteiger partial charge in [0.05, 0.1) is 0 Å². The molecule has 0 aromatic heterocycles. The smallest absolute Gasteiger partial charge is 0.325 e. The molecule has 0 amide bonds. The molecule has 1 aliphatic rings. The zero-order chi connectivity index (χ0) is 8.43. The summed E-state index contributed by atoms with van der Waals surface area (Å²) < 4.78 is 4.87. The minimum absolute atomic E-state index is 0.201. The molecule has 1 saturated heterocycles. The molecule has 11 heavy (non-hydrogen) atoms. The van der Waals surface area contributed by atoms with Gasteiger partial charge in [-0.05, 0) is 14.0 Å². The highest BCUT2D eigenvalue weighted by Gasteiger charge is 2.36. The number of aldehydes is 1. The minimum Gasteiger partial charge on any atom is -0.445 e. The van der Waals surface area contributed by atoms with Crippen molar-refractivity contribution in [1.29, 1.82) is 0 Å². The predicted octanol–water partition coefficient (Wildman–Crippen LogP) is -0.221. The Balaban J connectivity index is 2.63. The molecule has 0 bridgehead atoms. The second-order valence-corrected chi connectivity index (χ2v) is 2.62. The first-order valence-corrected chi connectivity index (χ1v) is 3.53. The molecule has 4 heteroatoms. The lowest BCUT2D eigenvalue weighted by Crippen LogP contribution is -2.33. The summed E-state index contributed by atoms with van der Waals surface area (Å²) in [5, 5.41) is 0. The number of cyclic esters (lactones) is 1. The molecule has 0 saturated carbocycles. The molecule has 1 fully saturated rings. The van der Waals surface area contributed by atoms with Gasteiger partial charge in [0.25, 0.3) is 0 Å². The summed E-state index contributed by atoms with van der Waals surface area (Å²) in [6, 6.07) is -0.373. The van der Waals surface area contributed by atoms with E-state index in [1.54, 1.807) is 18.9 Å². The number of nitrogens with zero attached hydrogens (tertiary/aromatic N) is 1. The van der Waals surface area contributed by atoms with Crippen LogP contribution >= 0.6 is 0 Å². The summed E-state index contributed by atoms with van der Waals surface area (Å²) in [4.78, 5) is 22.8. The van der Waals surface area contributed by atoms with Crippen LogP contribution in [-0.2, 0) is 14.3 Å². The van der Waals surface area contributed by atoms with Crippen molar-refractivity contribution in [3.05, 3.63) is 0 Å². The first-order valence-electron chi connectivity index (χ1n) is 3.53. The quantitative estimate of drug-likeness (QED) is 0.410. The Bertz CT molecular complexity index is 181. The molecule has 0 aliphatic carbocycles. The predicted molar refractivity (Wildman–Crippen MR) is 37.8 cm³/mol. The topological polar surface area (TPSA) is 46.6 Å². The van der Waals surface area contributed by atoms with Crippen molar-refractivity contribution in [2.75, 3.05) is 7.05 Å². The second-order valence-electron chi connectivity index (χ2n) is 2.62. The van der Waals surface area contributed by atoms with E-state index in [0.29, 0.717) is 0 Å². The van der Waals surface area contributed by atoms with Crippen LogP contribution in [0.3, 0.4) is 0 Å². The van der Waals surface area contributed by atoms with Crippen LogP contribution in [0.25, 0.3) is 0 Å². The van der Waals surface area contributed by atoms with E-state index in [0.717, 1.165) is 6.29 Å². The molecule has 0 aromatic carbocycles. The van der Waals surface area contributed by atoms with E-state index in [1.807, 2.05) is 0 Å². The first-order chi connectivity index (χ1) is 5.16. The van der Waals surface area contributed by atoms with Crippen LogP contribution in [-0.4, -0.2) is 36.5 Å². The van der Waals surface area contributed by atoms with Crippen molar-refractivity contribution in [1.82, 2.24) is 4.90 Å². The molecule has 1 heterocycles. The fourth-order valence-electron chi connectivity index (χ4n) is 1.10. The summed E-state index contributed by atoms with van der Waals surface area (Å²) in [7, 11) is 1.77. The Morgan fingerprint density at radius 2 is 2.36 bits per heavy atom. The maximum absolute atomic E-state index is 11.0. The fraction of sp³-hybridized carbons (Fsp3) is 0.714. The van der Waals surface area contributed by atoms with Crippen molar-refractivity contribution in [3.8, 4) is 0 Å². The van der Waals surface area contributed by atoms with E-state index in [2.05, 4.69) is 0 Å². The minimum atomic E-state index is -0.373. The van der Waals surface area contributed by atoms with E-state index < -0.39 is 0 Å². The molecule has 0 aromatic rings. The molecular formula is C7H11NO3. The first kappa shape index (κ1) is 8.20. The van der Waals surface area contributed by atoms with Crippen molar-refractivity contribution >= 4 is 12.3 Å². The zero-order valence-corrected chi connectivity index (χ0v) is 6.61. The van der Waals surface area contributed by atoms with E-state index >= 15 is 0 Å². The molecule has 2 atom stereocenters. The standard InChI is InChI=1S/C7H11NO3/c1-5-8(2)6(3-4-9)7(10)11-5/h4-6H,3H2,1-2H3.